The molecule has 0 amide bonds. The number of benzene rings is 1. The molecule has 2 nitrogen and oxygen atoms in total. The lowest BCUT2D eigenvalue weighted by molar-refractivity contribution is 0.198. The zero-order valence-electron chi connectivity index (χ0n) is 8.79. The van der Waals surface area contributed by atoms with Gasteiger partial charge in [0, 0.05) is 12.1 Å². The normalized spacial score (nSPS) is 13.3. The zero-order chi connectivity index (χ0) is 10.7. The fourth-order valence-electron chi connectivity index (χ4n) is 1.29. The third kappa shape index (κ3) is 2.79. The Morgan fingerprint density at radius 2 is 2.07 bits per heavy atom. The number of rotatable bonds is 3. The third-order valence-electron chi connectivity index (χ3n) is 2.05. The molecule has 0 saturated carbocycles. The predicted molar refractivity (Wildman–Crippen MR) is 54.4 cm³/mol. The van der Waals surface area contributed by atoms with E-state index >= 15 is 0 Å². The summed E-state index contributed by atoms with van der Waals surface area (Å²) in [4.78, 5) is 1.90. The first-order valence-corrected chi connectivity index (χ1v) is 4.62. The molecule has 1 unspecified atom stereocenters. The molecule has 0 heterocycles. The lowest BCUT2D eigenvalue weighted by Gasteiger charge is -2.12. The number of nitrogens with zero attached hydrogens (tertiary/aromatic N) is 1. The van der Waals surface area contributed by atoms with Gasteiger partial charge in [-0.05, 0) is 32.6 Å². The van der Waals surface area contributed by atoms with Crippen LogP contribution in [0, 0.1) is 5.82 Å². The predicted octanol–water partition coefficient (Wildman–Crippen LogP) is 1.94. The summed E-state index contributed by atoms with van der Waals surface area (Å²) in [5.74, 6) is -0.253. The third-order valence-corrected chi connectivity index (χ3v) is 2.05. The van der Waals surface area contributed by atoms with Crippen molar-refractivity contribution in [1.82, 2.24) is 4.90 Å². The Kier molecular flexibility index (Phi) is 3.61. The Morgan fingerprint density at radius 1 is 1.43 bits per heavy atom. The van der Waals surface area contributed by atoms with Crippen LogP contribution in [-0.4, -0.2) is 24.1 Å². The van der Waals surface area contributed by atoms with Crippen LogP contribution in [0.3, 0.4) is 0 Å². The average Bonchev–Trinajstić information content (AvgIpc) is 2.07. The van der Waals surface area contributed by atoms with Crippen LogP contribution in [0.15, 0.2) is 18.2 Å². The fourth-order valence-corrected chi connectivity index (χ4v) is 1.29. The van der Waals surface area contributed by atoms with Gasteiger partial charge in [-0.2, -0.15) is 0 Å². The molecular formula is C11H16FNO. The smallest absolute Gasteiger partial charge is 0.128 e. The highest BCUT2D eigenvalue weighted by Crippen LogP contribution is 2.17. The van der Waals surface area contributed by atoms with Crippen LogP contribution in [0.5, 0.6) is 0 Å². The molecule has 0 radical (unpaired) electrons. The van der Waals surface area contributed by atoms with E-state index < -0.39 is 6.10 Å². The second kappa shape index (κ2) is 4.53. The van der Waals surface area contributed by atoms with Crippen LogP contribution in [0.2, 0.25) is 0 Å². The molecule has 0 bridgehead atoms. The lowest BCUT2D eigenvalue weighted by Crippen LogP contribution is -2.12. The standard InChI is InChI=1S/C11H16FNO/c1-8(14)9-4-5-10(7-13(2)3)11(12)6-9/h4-6,8,14H,7H2,1-3H3. The minimum absolute atomic E-state index is 0.253. The number of hydrogen-bond acceptors (Lipinski definition) is 2. The van der Waals surface area contributed by atoms with E-state index in [0.29, 0.717) is 17.7 Å². The highest BCUT2D eigenvalue weighted by atomic mass is 19.1. The maximum Gasteiger partial charge on any atom is 0.128 e. The van der Waals surface area contributed by atoms with Gasteiger partial charge < -0.3 is 10.0 Å². The second-order valence-electron chi connectivity index (χ2n) is 3.76. The van der Waals surface area contributed by atoms with Crippen LogP contribution < -0.4 is 0 Å². The highest BCUT2D eigenvalue weighted by molar-refractivity contribution is 5.25. The van der Waals surface area contributed by atoms with Gasteiger partial charge in [-0.1, -0.05) is 12.1 Å². The first-order valence-electron chi connectivity index (χ1n) is 4.62. The van der Waals surface area contributed by atoms with Gasteiger partial charge in [-0.3, -0.25) is 0 Å². The molecule has 14 heavy (non-hydrogen) atoms. The van der Waals surface area contributed by atoms with Gasteiger partial charge in [-0.25, -0.2) is 4.39 Å². The number of aliphatic hydroxyl groups is 1. The zero-order valence-corrected chi connectivity index (χ0v) is 8.79. The van der Waals surface area contributed by atoms with Crippen molar-refractivity contribution >= 4 is 0 Å². The molecule has 0 aliphatic rings. The van der Waals surface area contributed by atoms with Gasteiger partial charge in [-0.15, -0.1) is 0 Å². The number of halogens is 1. The molecule has 1 N–H and O–H groups in total. The van der Waals surface area contributed by atoms with Gasteiger partial charge in [0.2, 0.25) is 0 Å². The molecule has 0 aliphatic carbocycles. The summed E-state index contributed by atoms with van der Waals surface area (Å²) >= 11 is 0. The Labute approximate surface area is 84.0 Å². The van der Waals surface area contributed by atoms with Crippen LogP contribution in [0.25, 0.3) is 0 Å². The minimum Gasteiger partial charge on any atom is -0.389 e. The lowest BCUT2D eigenvalue weighted by atomic mass is 10.1. The van der Waals surface area contributed by atoms with Crippen LogP contribution in [0.1, 0.15) is 24.2 Å². The summed E-state index contributed by atoms with van der Waals surface area (Å²) in [5.41, 5.74) is 1.27. The molecule has 1 aromatic rings. The Hall–Kier alpha value is -0.930. The molecule has 0 aromatic heterocycles. The van der Waals surface area contributed by atoms with Gasteiger partial charge in [0.05, 0.1) is 6.10 Å². The molecule has 0 aliphatic heterocycles. The van der Waals surface area contributed by atoms with E-state index in [4.69, 9.17) is 0 Å². The molecule has 0 saturated heterocycles. The van der Waals surface area contributed by atoms with Gasteiger partial charge in [0.1, 0.15) is 5.82 Å². The Morgan fingerprint density at radius 3 is 2.50 bits per heavy atom. The Balaban J connectivity index is 2.90. The van der Waals surface area contributed by atoms with Crippen molar-refractivity contribution in [3.05, 3.63) is 35.1 Å². The highest BCUT2D eigenvalue weighted by Gasteiger charge is 2.07. The van der Waals surface area contributed by atoms with Crippen LogP contribution in [0.4, 0.5) is 4.39 Å². The van der Waals surface area contributed by atoms with Crippen molar-refractivity contribution in [3.8, 4) is 0 Å². The largest absolute Gasteiger partial charge is 0.389 e. The summed E-state index contributed by atoms with van der Waals surface area (Å²) in [5, 5.41) is 9.24. The number of aliphatic hydroxyl groups excluding tert-OH is 1. The maximum atomic E-state index is 13.4. The second-order valence-corrected chi connectivity index (χ2v) is 3.76. The monoisotopic (exact) mass is 197 g/mol. The molecule has 1 rings (SSSR count). The van der Waals surface area contributed by atoms with E-state index in [1.54, 1.807) is 19.1 Å². The average molecular weight is 197 g/mol. The van der Waals surface area contributed by atoms with Gasteiger partial charge in [0.25, 0.3) is 0 Å². The van der Waals surface area contributed by atoms with E-state index in [1.807, 2.05) is 19.0 Å². The summed E-state index contributed by atoms with van der Waals surface area (Å²) in [6.07, 6.45) is -0.613. The molecule has 78 valence electrons. The first-order chi connectivity index (χ1) is 6.50. The van der Waals surface area contributed by atoms with E-state index in [9.17, 15) is 9.50 Å². The van der Waals surface area contributed by atoms with Gasteiger partial charge >= 0.3 is 0 Å². The summed E-state index contributed by atoms with van der Waals surface area (Å²) in [7, 11) is 3.78. The minimum atomic E-state index is -0.613. The van der Waals surface area contributed by atoms with E-state index in [0.717, 1.165) is 0 Å². The Bertz CT molecular complexity index is 310. The van der Waals surface area contributed by atoms with Crippen molar-refractivity contribution < 1.29 is 9.50 Å². The molecule has 0 spiro atoms. The fraction of sp³-hybridized carbons (Fsp3) is 0.455. The van der Waals surface area contributed by atoms with Crippen molar-refractivity contribution in [3.63, 3.8) is 0 Å². The van der Waals surface area contributed by atoms with Crippen LogP contribution >= 0.6 is 0 Å². The van der Waals surface area contributed by atoms with E-state index in [1.165, 1.54) is 6.07 Å². The molecular weight excluding hydrogens is 181 g/mol. The van der Waals surface area contributed by atoms with Crippen molar-refractivity contribution in [2.75, 3.05) is 14.1 Å². The SMILES string of the molecule is CC(O)c1ccc(CN(C)C)c(F)c1. The molecule has 1 aromatic carbocycles. The topological polar surface area (TPSA) is 23.5 Å². The van der Waals surface area contributed by atoms with Crippen molar-refractivity contribution in [2.24, 2.45) is 0 Å². The summed E-state index contributed by atoms with van der Waals surface area (Å²) in [6, 6.07) is 4.87. The van der Waals surface area contributed by atoms with Crippen LogP contribution in [-0.2, 0) is 6.54 Å². The molecule has 0 fully saturated rings. The summed E-state index contributed by atoms with van der Waals surface area (Å²) < 4.78 is 13.4. The summed E-state index contributed by atoms with van der Waals surface area (Å²) in [6.45, 7) is 2.20. The van der Waals surface area contributed by atoms with Crippen molar-refractivity contribution in [2.45, 2.75) is 19.6 Å². The quantitative estimate of drug-likeness (QED) is 0.800. The van der Waals surface area contributed by atoms with E-state index in [-0.39, 0.29) is 5.82 Å². The van der Waals surface area contributed by atoms with E-state index in [2.05, 4.69) is 0 Å². The molecule has 1 atom stereocenters. The maximum absolute atomic E-state index is 13.4. The first kappa shape index (κ1) is 11.1. The van der Waals surface area contributed by atoms with Gasteiger partial charge in [0.15, 0.2) is 0 Å². The van der Waals surface area contributed by atoms with Crippen molar-refractivity contribution in [1.29, 1.82) is 0 Å². The molecule has 3 heteroatoms. The number of hydrogen-bond donors (Lipinski definition) is 1.